The minimum Gasteiger partial charge on any atom is -0.0622 e. The lowest BCUT2D eigenvalue weighted by Gasteiger charge is -2.30. The van der Waals surface area contributed by atoms with Crippen LogP contribution >= 0.6 is 0 Å². The van der Waals surface area contributed by atoms with E-state index in [0.29, 0.717) is 0 Å². The van der Waals surface area contributed by atoms with Gasteiger partial charge in [-0.15, -0.1) is 0 Å². The highest BCUT2D eigenvalue weighted by molar-refractivity contribution is 5.86. The van der Waals surface area contributed by atoms with Gasteiger partial charge in [0.2, 0.25) is 0 Å². The summed E-state index contributed by atoms with van der Waals surface area (Å²) in [5.74, 6) is 0.0586. The molecule has 0 amide bonds. The molecule has 0 aromatic heterocycles. The van der Waals surface area contributed by atoms with E-state index >= 15 is 0 Å². The summed E-state index contributed by atoms with van der Waals surface area (Å²) in [6.45, 7) is 23.8. The Morgan fingerprint density at radius 2 is 0.961 bits per heavy atom. The summed E-state index contributed by atoms with van der Waals surface area (Å²) >= 11 is 0. The lowest BCUT2D eigenvalue weighted by molar-refractivity contribution is 0.564. The predicted octanol–water partition coefficient (Wildman–Crippen LogP) is 13.7. The minimum absolute atomic E-state index is 0.0215. The molecule has 0 spiro atoms. The van der Waals surface area contributed by atoms with Gasteiger partial charge in [0.1, 0.15) is 0 Å². The highest BCUT2D eigenvalue weighted by atomic mass is 14.4. The molecule has 1 atom stereocenters. The van der Waals surface area contributed by atoms with Crippen LogP contribution in [0, 0.1) is 0 Å². The molecule has 0 fully saturated rings. The summed E-state index contributed by atoms with van der Waals surface area (Å²) < 4.78 is 0. The van der Waals surface area contributed by atoms with E-state index in [4.69, 9.17) is 0 Å². The molecule has 0 saturated carbocycles. The molecule has 0 nitrogen and oxygen atoms in total. The summed E-state index contributed by atoms with van der Waals surface area (Å²) in [7, 11) is 0. The molecule has 2 aliphatic carbocycles. The Morgan fingerprint density at radius 1 is 0.431 bits per heavy atom. The van der Waals surface area contributed by atoms with Crippen molar-refractivity contribution in [3.63, 3.8) is 0 Å². The molecule has 51 heavy (non-hydrogen) atoms. The van der Waals surface area contributed by atoms with Crippen LogP contribution in [-0.2, 0) is 21.7 Å². The normalized spacial score (nSPS) is 15.9. The van der Waals surface area contributed by atoms with Crippen LogP contribution in [0.3, 0.4) is 0 Å². The van der Waals surface area contributed by atoms with Gasteiger partial charge >= 0.3 is 0 Å². The molecule has 1 unspecified atom stereocenters. The van der Waals surface area contributed by atoms with E-state index < -0.39 is 0 Å². The van der Waals surface area contributed by atoms with E-state index in [0.717, 1.165) is 0 Å². The Bertz CT molecular complexity index is 2310. The van der Waals surface area contributed by atoms with Crippen molar-refractivity contribution in [2.45, 2.75) is 96.8 Å². The monoisotopic (exact) mass is 664 g/mol. The van der Waals surface area contributed by atoms with Crippen molar-refractivity contribution in [2.75, 3.05) is 0 Å². The largest absolute Gasteiger partial charge is 0.0622 e. The molecule has 0 saturated heterocycles. The van der Waals surface area contributed by atoms with Gasteiger partial charge in [0, 0.05) is 16.7 Å². The second kappa shape index (κ2) is 11.4. The van der Waals surface area contributed by atoms with Gasteiger partial charge in [-0.2, -0.15) is 0 Å². The molecule has 6 aromatic rings. The standard InChI is InChI=1S/C51H52/c1-48(2,3)35-30-44(49(4,5)6)47-40-27-25-34(29-43(40)51(9,10)45(47)31-35)46(39-22-15-14-20-36(39)32-18-12-11-13-19-32)33-24-26-38-37-21-16-17-23-41(37)50(7,8)42(38)28-33/h11-31,46H,1-10H3. The maximum Gasteiger partial charge on any atom is 0.0346 e. The van der Waals surface area contributed by atoms with E-state index in [9.17, 15) is 0 Å². The van der Waals surface area contributed by atoms with Crippen molar-refractivity contribution >= 4 is 0 Å². The first-order valence-electron chi connectivity index (χ1n) is 18.8. The summed E-state index contributed by atoms with van der Waals surface area (Å²) in [6.07, 6.45) is 0. The third-order valence-corrected chi connectivity index (χ3v) is 12.1. The molecule has 256 valence electrons. The van der Waals surface area contributed by atoms with Gasteiger partial charge in [-0.1, -0.05) is 197 Å². The molecule has 0 aliphatic heterocycles. The fraction of sp³-hybridized carbons (Fsp3) is 0.294. The zero-order valence-electron chi connectivity index (χ0n) is 32.2. The third-order valence-electron chi connectivity index (χ3n) is 12.1. The van der Waals surface area contributed by atoms with Gasteiger partial charge in [0.25, 0.3) is 0 Å². The van der Waals surface area contributed by atoms with Crippen LogP contribution in [-0.4, -0.2) is 0 Å². The van der Waals surface area contributed by atoms with Gasteiger partial charge in [0.15, 0.2) is 0 Å². The van der Waals surface area contributed by atoms with E-state index in [1.165, 1.54) is 83.5 Å². The SMILES string of the molecule is CC(C)(C)c1cc(C(C)(C)C)c2c(c1)C(C)(C)c1cc(C(c3ccc4c(c3)C(C)(C)c3ccccc3-4)c3ccccc3-c3ccccc3)ccc1-2. The van der Waals surface area contributed by atoms with Crippen LogP contribution in [0.15, 0.2) is 127 Å². The van der Waals surface area contributed by atoms with Crippen molar-refractivity contribution in [1.29, 1.82) is 0 Å². The van der Waals surface area contributed by atoms with Crippen molar-refractivity contribution in [3.8, 4) is 33.4 Å². The fourth-order valence-electron chi connectivity index (χ4n) is 9.15. The van der Waals surface area contributed by atoms with Crippen LogP contribution < -0.4 is 0 Å². The molecule has 0 bridgehead atoms. The Hall–Kier alpha value is -4.68. The first kappa shape index (κ1) is 33.5. The maximum absolute atomic E-state index is 2.57. The smallest absolute Gasteiger partial charge is 0.0346 e. The summed E-state index contributed by atoms with van der Waals surface area (Å²) in [6, 6.07) is 48.8. The van der Waals surface area contributed by atoms with Crippen molar-refractivity contribution < 1.29 is 0 Å². The number of rotatable bonds is 4. The van der Waals surface area contributed by atoms with E-state index in [1.807, 2.05) is 0 Å². The Morgan fingerprint density at radius 3 is 1.61 bits per heavy atom. The molecule has 0 heterocycles. The second-order valence-electron chi connectivity index (χ2n) is 18.2. The molecular formula is C51H52. The van der Waals surface area contributed by atoms with E-state index in [1.54, 1.807) is 0 Å². The highest BCUT2D eigenvalue weighted by Crippen LogP contribution is 2.55. The van der Waals surface area contributed by atoms with E-state index in [2.05, 4.69) is 197 Å². The van der Waals surface area contributed by atoms with E-state index in [-0.39, 0.29) is 27.6 Å². The van der Waals surface area contributed by atoms with Crippen LogP contribution in [0.4, 0.5) is 0 Å². The number of hydrogen-bond acceptors (Lipinski definition) is 0. The first-order chi connectivity index (χ1) is 24.1. The Labute approximate surface area is 306 Å². The topological polar surface area (TPSA) is 0 Å². The van der Waals surface area contributed by atoms with Crippen molar-refractivity contribution in [2.24, 2.45) is 0 Å². The molecule has 0 radical (unpaired) electrons. The molecule has 2 aliphatic rings. The lowest BCUT2D eigenvalue weighted by Crippen LogP contribution is -2.21. The molecule has 0 N–H and O–H groups in total. The summed E-state index contributed by atoms with van der Waals surface area (Å²) in [4.78, 5) is 0. The number of benzene rings is 6. The zero-order chi connectivity index (χ0) is 36.1. The van der Waals surface area contributed by atoms with Crippen molar-refractivity contribution in [3.05, 3.63) is 177 Å². The number of hydrogen-bond donors (Lipinski definition) is 0. The summed E-state index contributed by atoms with van der Waals surface area (Å²) in [5.41, 5.74) is 20.6. The zero-order valence-corrected chi connectivity index (χ0v) is 32.2. The maximum atomic E-state index is 2.57. The number of fused-ring (bicyclic) bond motifs is 6. The average Bonchev–Trinajstić information content (AvgIpc) is 3.47. The van der Waals surface area contributed by atoms with Gasteiger partial charge in [-0.3, -0.25) is 0 Å². The highest BCUT2D eigenvalue weighted by Gasteiger charge is 2.41. The quantitative estimate of drug-likeness (QED) is 0.165. The summed E-state index contributed by atoms with van der Waals surface area (Å²) in [5, 5.41) is 0. The van der Waals surface area contributed by atoms with Gasteiger partial charge in [0.05, 0.1) is 0 Å². The predicted molar refractivity (Wildman–Crippen MR) is 218 cm³/mol. The molecule has 6 aromatic carbocycles. The van der Waals surface area contributed by atoms with Crippen LogP contribution in [0.1, 0.15) is 125 Å². The van der Waals surface area contributed by atoms with Crippen LogP contribution in [0.25, 0.3) is 33.4 Å². The van der Waals surface area contributed by atoms with Gasteiger partial charge in [-0.25, -0.2) is 0 Å². The minimum atomic E-state index is -0.132. The molecule has 0 heteroatoms. The Kier molecular flexibility index (Phi) is 7.49. The average molecular weight is 665 g/mol. The van der Waals surface area contributed by atoms with Crippen molar-refractivity contribution in [1.82, 2.24) is 0 Å². The van der Waals surface area contributed by atoms with Gasteiger partial charge in [-0.05, 0) is 94.3 Å². The first-order valence-corrected chi connectivity index (χ1v) is 18.8. The van der Waals surface area contributed by atoms with Gasteiger partial charge < -0.3 is 0 Å². The van der Waals surface area contributed by atoms with Crippen LogP contribution in [0.2, 0.25) is 0 Å². The molecular weight excluding hydrogens is 613 g/mol. The second-order valence-corrected chi connectivity index (χ2v) is 18.2. The Balaban J connectivity index is 1.37. The fourth-order valence-corrected chi connectivity index (χ4v) is 9.15. The molecule has 8 rings (SSSR count). The lowest BCUT2D eigenvalue weighted by atomic mass is 9.74. The third kappa shape index (κ3) is 5.25. The van der Waals surface area contributed by atoms with Crippen LogP contribution in [0.5, 0.6) is 0 Å².